The van der Waals surface area contributed by atoms with Crippen molar-refractivity contribution in [3.63, 3.8) is 0 Å². The summed E-state index contributed by atoms with van der Waals surface area (Å²) in [6.07, 6.45) is 3.57. The van der Waals surface area contributed by atoms with E-state index < -0.39 is 0 Å². The number of halogens is 2. The minimum absolute atomic E-state index is 0. The molecule has 1 heterocycles. The summed E-state index contributed by atoms with van der Waals surface area (Å²) >= 11 is 0. The van der Waals surface area contributed by atoms with Gasteiger partial charge in [0.05, 0.1) is 6.20 Å². The Balaban J connectivity index is 0. The molecule has 0 aliphatic carbocycles. The Kier molecular flexibility index (Phi) is 12.4. The Morgan fingerprint density at radius 3 is 2.22 bits per heavy atom. The smallest absolute Gasteiger partial charge is 0.241 e. The molecule has 1 aromatic rings. The van der Waals surface area contributed by atoms with Gasteiger partial charge in [0.15, 0.2) is 0 Å². The van der Waals surface area contributed by atoms with Gasteiger partial charge in [0, 0.05) is 44.0 Å². The molecule has 1 aromatic heterocycles. The number of amides is 1. The first-order chi connectivity index (χ1) is 9.86. The van der Waals surface area contributed by atoms with Crippen LogP contribution in [0.3, 0.4) is 0 Å². The first kappa shape index (κ1) is 24.4. The molecule has 0 bridgehead atoms. The van der Waals surface area contributed by atoms with E-state index in [9.17, 15) is 4.79 Å². The van der Waals surface area contributed by atoms with Crippen LogP contribution in [0.1, 0.15) is 39.3 Å². The highest BCUT2D eigenvalue weighted by Gasteiger charge is 2.20. The van der Waals surface area contributed by atoms with E-state index in [0.29, 0.717) is 18.6 Å². The number of hydrogen-bond donors (Lipinski definition) is 2. The molecule has 2 N–H and O–H groups in total. The van der Waals surface area contributed by atoms with Gasteiger partial charge >= 0.3 is 0 Å². The first-order valence-corrected chi connectivity index (χ1v) is 7.56. The van der Waals surface area contributed by atoms with Crippen molar-refractivity contribution in [3.05, 3.63) is 18.0 Å². The summed E-state index contributed by atoms with van der Waals surface area (Å²) in [5, 5.41) is 10.1. The Bertz CT molecular complexity index is 443. The van der Waals surface area contributed by atoms with Crippen molar-refractivity contribution >= 4 is 30.7 Å². The van der Waals surface area contributed by atoms with Gasteiger partial charge in [-0.3, -0.25) is 14.4 Å². The number of carbonyl (C=O) groups excluding carboxylic acids is 1. The van der Waals surface area contributed by atoms with Crippen LogP contribution in [0.15, 0.2) is 12.4 Å². The first-order valence-electron chi connectivity index (χ1n) is 7.56. The molecule has 0 aliphatic rings. The third-order valence-electron chi connectivity index (χ3n) is 3.60. The number of nitrogens with zero attached hydrogens (tertiary/aromatic N) is 3. The SMILES string of the molecule is CNC(C(=O)NCCN(C(C)C)C(C)C)c1cnn(C)c1.Cl.Cl. The second-order valence-corrected chi connectivity index (χ2v) is 5.89. The normalized spacial score (nSPS) is 12.0. The molecular formula is C15H31Cl2N5O. The van der Waals surface area contributed by atoms with Crippen LogP contribution in [0, 0.1) is 0 Å². The average molecular weight is 368 g/mol. The predicted octanol–water partition coefficient (Wildman–Crippen LogP) is 1.76. The summed E-state index contributed by atoms with van der Waals surface area (Å²) in [7, 11) is 3.63. The van der Waals surface area contributed by atoms with Crippen LogP contribution < -0.4 is 10.6 Å². The second-order valence-electron chi connectivity index (χ2n) is 5.89. The summed E-state index contributed by atoms with van der Waals surface area (Å²) in [5.74, 6) is -0.0158. The van der Waals surface area contributed by atoms with Crippen LogP contribution in [0.4, 0.5) is 0 Å². The van der Waals surface area contributed by atoms with Crippen LogP contribution in [0.2, 0.25) is 0 Å². The van der Waals surface area contributed by atoms with Crippen molar-refractivity contribution in [3.8, 4) is 0 Å². The fourth-order valence-corrected chi connectivity index (χ4v) is 2.56. The van der Waals surface area contributed by atoms with E-state index >= 15 is 0 Å². The summed E-state index contributed by atoms with van der Waals surface area (Å²) in [4.78, 5) is 14.6. The maximum Gasteiger partial charge on any atom is 0.241 e. The van der Waals surface area contributed by atoms with Gasteiger partial charge in [0.25, 0.3) is 0 Å². The van der Waals surface area contributed by atoms with E-state index in [2.05, 4.69) is 48.3 Å². The number of likely N-dealkylation sites (N-methyl/N-ethyl adjacent to an activating group) is 1. The molecule has 23 heavy (non-hydrogen) atoms. The van der Waals surface area contributed by atoms with Gasteiger partial charge in [-0.2, -0.15) is 5.10 Å². The highest BCUT2D eigenvalue weighted by molar-refractivity contribution is 5.85. The molecule has 0 saturated heterocycles. The molecular weight excluding hydrogens is 337 g/mol. The summed E-state index contributed by atoms with van der Waals surface area (Å²) in [6, 6.07) is 0.589. The molecule has 1 unspecified atom stereocenters. The molecule has 6 nitrogen and oxygen atoms in total. The van der Waals surface area contributed by atoms with E-state index in [1.54, 1.807) is 17.9 Å². The highest BCUT2D eigenvalue weighted by atomic mass is 35.5. The molecule has 1 rings (SSSR count). The molecule has 0 aliphatic heterocycles. The lowest BCUT2D eigenvalue weighted by Gasteiger charge is -2.30. The lowest BCUT2D eigenvalue weighted by atomic mass is 10.1. The molecule has 0 aromatic carbocycles. The quantitative estimate of drug-likeness (QED) is 0.734. The fourth-order valence-electron chi connectivity index (χ4n) is 2.56. The van der Waals surface area contributed by atoms with Crippen molar-refractivity contribution in [2.75, 3.05) is 20.1 Å². The van der Waals surface area contributed by atoms with Gasteiger partial charge in [-0.1, -0.05) is 0 Å². The van der Waals surface area contributed by atoms with E-state index in [0.717, 1.165) is 12.1 Å². The van der Waals surface area contributed by atoms with E-state index in [-0.39, 0.29) is 36.8 Å². The van der Waals surface area contributed by atoms with Crippen molar-refractivity contribution < 1.29 is 4.79 Å². The van der Waals surface area contributed by atoms with Crippen molar-refractivity contribution in [1.82, 2.24) is 25.3 Å². The number of aromatic nitrogens is 2. The topological polar surface area (TPSA) is 62.2 Å². The molecule has 8 heteroatoms. The zero-order valence-electron chi connectivity index (χ0n) is 14.9. The summed E-state index contributed by atoms with van der Waals surface area (Å²) in [6.45, 7) is 10.2. The monoisotopic (exact) mass is 367 g/mol. The van der Waals surface area contributed by atoms with Gasteiger partial charge in [0.2, 0.25) is 5.91 Å². The van der Waals surface area contributed by atoms with Gasteiger partial charge in [-0.15, -0.1) is 24.8 Å². The summed E-state index contributed by atoms with van der Waals surface area (Å²) in [5.41, 5.74) is 0.877. The fraction of sp³-hybridized carbons (Fsp3) is 0.733. The van der Waals surface area contributed by atoms with Gasteiger partial charge < -0.3 is 10.6 Å². The number of nitrogens with one attached hydrogen (secondary N) is 2. The molecule has 0 spiro atoms. The minimum atomic E-state index is -0.356. The van der Waals surface area contributed by atoms with E-state index in [1.165, 1.54) is 0 Å². The van der Waals surface area contributed by atoms with Gasteiger partial charge in [-0.05, 0) is 34.7 Å². The molecule has 136 valence electrons. The Morgan fingerprint density at radius 1 is 1.26 bits per heavy atom. The van der Waals surface area contributed by atoms with Crippen molar-refractivity contribution in [2.24, 2.45) is 7.05 Å². The van der Waals surface area contributed by atoms with Crippen molar-refractivity contribution in [2.45, 2.75) is 45.8 Å². The number of carbonyl (C=O) groups is 1. The van der Waals surface area contributed by atoms with Crippen LogP contribution in [0.25, 0.3) is 0 Å². The zero-order chi connectivity index (χ0) is 16.0. The highest BCUT2D eigenvalue weighted by Crippen LogP contribution is 2.11. The number of rotatable bonds is 8. The molecule has 0 radical (unpaired) electrons. The zero-order valence-corrected chi connectivity index (χ0v) is 16.5. The minimum Gasteiger partial charge on any atom is -0.353 e. The van der Waals surface area contributed by atoms with Gasteiger partial charge in [0.1, 0.15) is 6.04 Å². The third kappa shape index (κ3) is 7.52. The summed E-state index contributed by atoms with van der Waals surface area (Å²) < 4.78 is 1.70. The van der Waals surface area contributed by atoms with Gasteiger partial charge in [-0.25, -0.2) is 0 Å². The molecule has 0 saturated carbocycles. The largest absolute Gasteiger partial charge is 0.353 e. The Morgan fingerprint density at radius 2 is 1.83 bits per heavy atom. The van der Waals surface area contributed by atoms with E-state index in [1.807, 2.05) is 13.2 Å². The predicted molar refractivity (Wildman–Crippen MR) is 99.5 cm³/mol. The Hall–Kier alpha value is -0.820. The lowest BCUT2D eigenvalue weighted by Crippen LogP contribution is -2.44. The molecule has 1 atom stereocenters. The molecule has 1 amide bonds. The maximum atomic E-state index is 12.3. The number of hydrogen-bond acceptors (Lipinski definition) is 4. The number of aryl methyl sites for hydroxylation is 1. The maximum absolute atomic E-state index is 12.3. The van der Waals surface area contributed by atoms with Crippen LogP contribution in [-0.4, -0.2) is 52.8 Å². The van der Waals surface area contributed by atoms with Crippen LogP contribution >= 0.6 is 24.8 Å². The second kappa shape index (κ2) is 11.7. The van der Waals surface area contributed by atoms with Crippen molar-refractivity contribution in [1.29, 1.82) is 0 Å². The standard InChI is InChI=1S/C15H29N5O.2ClH/c1-11(2)20(12(3)4)8-7-17-15(21)14(16-5)13-9-18-19(6)10-13;;/h9-12,14,16H,7-8H2,1-6H3,(H,17,21);2*1H. The average Bonchev–Trinajstić information content (AvgIpc) is 2.81. The third-order valence-corrected chi connectivity index (χ3v) is 3.60. The van der Waals surface area contributed by atoms with Crippen LogP contribution in [-0.2, 0) is 11.8 Å². The van der Waals surface area contributed by atoms with E-state index in [4.69, 9.17) is 0 Å². The van der Waals surface area contributed by atoms with Crippen LogP contribution in [0.5, 0.6) is 0 Å². The lowest BCUT2D eigenvalue weighted by molar-refractivity contribution is -0.123. The molecule has 0 fully saturated rings. The Labute approximate surface area is 152 Å².